The summed E-state index contributed by atoms with van der Waals surface area (Å²) in [6, 6.07) is 16.7. The van der Waals surface area contributed by atoms with Crippen molar-refractivity contribution in [3.8, 4) is 17.5 Å². The van der Waals surface area contributed by atoms with E-state index in [1.165, 1.54) is 11.8 Å². The summed E-state index contributed by atoms with van der Waals surface area (Å²) in [6.45, 7) is 3.74. The highest BCUT2D eigenvalue weighted by Gasteiger charge is 2.19. The molecule has 0 bridgehead atoms. The van der Waals surface area contributed by atoms with Crippen molar-refractivity contribution in [2.75, 3.05) is 5.32 Å². The third-order valence-corrected chi connectivity index (χ3v) is 4.59. The van der Waals surface area contributed by atoms with Gasteiger partial charge in [-0.2, -0.15) is 5.26 Å². The van der Waals surface area contributed by atoms with E-state index in [9.17, 15) is 4.79 Å². The van der Waals surface area contributed by atoms with E-state index in [-0.39, 0.29) is 5.91 Å². The summed E-state index contributed by atoms with van der Waals surface area (Å²) >= 11 is 1.17. The molecule has 2 aromatic carbocycles. The number of carbonyl (C=O) groups excluding carboxylic acids is 1. The van der Waals surface area contributed by atoms with E-state index in [0.717, 1.165) is 11.1 Å². The number of para-hydroxylation sites is 1. The monoisotopic (exact) mass is 364 g/mol. The molecule has 1 unspecified atom stereocenters. The van der Waals surface area contributed by atoms with Crippen LogP contribution in [0.5, 0.6) is 0 Å². The summed E-state index contributed by atoms with van der Waals surface area (Å²) in [4.78, 5) is 12.4. The number of benzene rings is 2. The third-order valence-electron chi connectivity index (χ3n) is 3.66. The predicted molar refractivity (Wildman–Crippen MR) is 99.6 cm³/mol. The molecule has 1 aromatic heterocycles. The molecule has 6 nitrogen and oxygen atoms in total. The average Bonchev–Trinajstić information content (AvgIpc) is 3.11. The minimum atomic E-state index is -0.465. The van der Waals surface area contributed by atoms with Crippen molar-refractivity contribution >= 4 is 23.4 Å². The predicted octanol–water partition coefficient (Wildman–Crippen LogP) is 4.04. The fourth-order valence-electron chi connectivity index (χ4n) is 2.20. The quantitative estimate of drug-likeness (QED) is 0.687. The lowest BCUT2D eigenvalue weighted by Crippen LogP contribution is -2.22. The Morgan fingerprint density at radius 3 is 2.65 bits per heavy atom. The van der Waals surface area contributed by atoms with E-state index in [4.69, 9.17) is 9.68 Å². The Kier molecular flexibility index (Phi) is 5.34. The zero-order valence-electron chi connectivity index (χ0n) is 14.3. The van der Waals surface area contributed by atoms with Crippen LogP contribution >= 0.6 is 11.8 Å². The van der Waals surface area contributed by atoms with Crippen molar-refractivity contribution in [1.29, 1.82) is 5.26 Å². The van der Waals surface area contributed by atoms with Crippen LogP contribution < -0.4 is 5.32 Å². The summed E-state index contributed by atoms with van der Waals surface area (Å²) in [5, 5.41) is 19.7. The first-order chi connectivity index (χ1) is 12.6. The lowest BCUT2D eigenvalue weighted by atomic mass is 10.1. The fourth-order valence-corrected chi connectivity index (χ4v) is 2.88. The molecule has 1 heterocycles. The highest BCUT2D eigenvalue weighted by atomic mass is 32.2. The van der Waals surface area contributed by atoms with Crippen molar-refractivity contribution in [2.24, 2.45) is 0 Å². The molecule has 26 heavy (non-hydrogen) atoms. The fraction of sp³-hybridized carbons (Fsp3) is 0.158. The first-order valence-electron chi connectivity index (χ1n) is 7.94. The topological polar surface area (TPSA) is 91.8 Å². The van der Waals surface area contributed by atoms with Gasteiger partial charge in [-0.25, -0.2) is 0 Å². The number of hydrogen-bond acceptors (Lipinski definition) is 6. The van der Waals surface area contributed by atoms with Crippen LogP contribution in [0, 0.1) is 18.3 Å². The van der Waals surface area contributed by atoms with Crippen molar-refractivity contribution in [3.05, 3.63) is 59.7 Å². The number of aromatic nitrogens is 2. The minimum absolute atomic E-state index is 0.243. The van der Waals surface area contributed by atoms with Crippen LogP contribution in [-0.4, -0.2) is 21.4 Å². The van der Waals surface area contributed by atoms with Crippen LogP contribution in [0.15, 0.2) is 58.2 Å². The first-order valence-corrected chi connectivity index (χ1v) is 8.82. The van der Waals surface area contributed by atoms with Gasteiger partial charge in [-0.3, -0.25) is 4.79 Å². The Balaban J connectivity index is 1.66. The normalized spacial score (nSPS) is 11.6. The van der Waals surface area contributed by atoms with Gasteiger partial charge in [-0.1, -0.05) is 41.6 Å². The first kappa shape index (κ1) is 17.7. The molecular weight excluding hydrogens is 348 g/mol. The van der Waals surface area contributed by atoms with Crippen LogP contribution in [0.4, 0.5) is 5.69 Å². The minimum Gasteiger partial charge on any atom is -0.411 e. The number of rotatable bonds is 5. The summed E-state index contributed by atoms with van der Waals surface area (Å²) in [6.07, 6.45) is 0. The molecule has 0 aliphatic rings. The Hall–Kier alpha value is -3.11. The third kappa shape index (κ3) is 4.10. The second-order valence-corrected chi connectivity index (χ2v) is 6.94. The molecule has 0 saturated carbocycles. The number of aryl methyl sites for hydroxylation is 1. The SMILES string of the molecule is Cc1ccc(-c2nnc(SC(C)C(=O)Nc3ccccc3C#N)o2)cc1. The van der Waals surface area contributed by atoms with E-state index in [2.05, 4.69) is 21.6 Å². The average molecular weight is 364 g/mol. The number of hydrogen-bond donors (Lipinski definition) is 1. The highest BCUT2D eigenvalue weighted by molar-refractivity contribution is 8.00. The smallest absolute Gasteiger partial charge is 0.277 e. The number of nitrogens with one attached hydrogen (secondary N) is 1. The van der Waals surface area contributed by atoms with E-state index >= 15 is 0 Å². The van der Waals surface area contributed by atoms with Gasteiger partial charge >= 0.3 is 0 Å². The summed E-state index contributed by atoms with van der Waals surface area (Å²) < 4.78 is 5.63. The van der Waals surface area contributed by atoms with Crippen molar-refractivity contribution in [2.45, 2.75) is 24.3 Å². The molecule has 1 N–H and O–H groups in total. The number of amides is 1. The Bertz CT molecular complexity index is 960. The molecule has 0 aliphatic heterocycles. The van der Waals surface area contributed by atoms with Crippen LogP contribution in [0.25, 0.3) is 11.5 Å². The zero-order valence-corrected chi connectivity index (χ0v) is 15.1. The maximum atomic E-state index is 12.4. The van der Waals surface area contributed by atoms with Gasteiger partial charge in [0.1, 0.15) is 6.07 Å². The van der Waals surface area contributed by atoms with Gasteiger partial charge in [0.05, 0.1) is 16.5 Å². The number of nitrogens with zero attached hydrogens (tertiary/aromatic N) is 3. The second kappa shape index (κ2) is 7.85. The van der Waals surface area contributed by atoms with Gasteiger partial charge in [-0.15, -0.1) is 10.2 Å². The Labute approximate surface area is 155 Å². The van der Waals surface area contributed by atoms with E-state index in [1.807, 2.05) is 31.2 Å². The number of anilines is 1. The summed E-state index contributed by atoms with van der Waals surface area (Å²) in [7, 11) is 0. The largest absolute Gasteiger partial charge is 0.411 e. The number of thioether (sulfide) groups is 1. The molecule has 0 spiro atoms. The standard InChI is InChI=1S/C19H16N4O2S/c1-12-7-9-14(10-8-12)18-22-23-19(25-18)26-13(2)17(24)21-16-6-4-3-5-15(16)11-20/h3-10,13H,1-2H3,(H,21,24). The van der Waals surface area contributed by atoms with Gasteiger partial charge in [0.15, 0.2) is 0 Å². The van der Waals surface area contributed by atoms with Crippen LogP contribution in [0.1, 0.15) is 18.1 Å². The number of nitriles is 1. The molecule has 3 rings (SSSR count). The van der Waals surface area contributed by atoms with Crippen LogP contribution in [0.2, 0.25) is 0 Å². The van der Waals surface area contributed by atoms with E-state index in [1.54, 1.807) is 31.2 Å². The molecule has 7 heteroatoms. The molecule has 0 aliphatic carbocycles. The molecule has 130 valence electrons. The molecule has 1 atom stereocenters. The van der Waals surface area contributed by atoms with Crippen LogP contribution in [0.3, 0.4) is 0 Å². The zero-order chi connectivity index (χ0) is 18.5. The highest BCUT2D eigenvalue weighted by Crippen LogP contribution is 2.27. The van der Waals surface area contributed by atoms with Gasteiger partial charge < -0.3 is 9.73 Å². The molecular formula is C19H16N4O2S. The van der Waals surface area contributed by atoms with Crippen molar-refractivity contribution in [1.82, 2.24) is 10.2 Å². The molecule has 0 fully saturated rings. The maximum Gasteiger partial charge on any atom is 0.277 e. The lowest BCUT2D eigenvalue weighted by Gasteiger charge is -2.10. The van der Waals surface area contributed by atoms with Crippen molar-refractivity contribution < 1.29 is 9.21 Å². The van der Waals surface area contributed by atoms with Gasteiger partial charge in [0.2, 0.25) is 11.8 Å². The Morgan fingerprint density at radius 1 is 1.19 bits per heavy atom. The maximum absolute atomic E-state index is 12.4. The van der Waals surface area contributed by atoms with Crippen LogP contribution in [-0.2, 0) is 4.79 Å². The van der Waals surface area contributed by atoms with E-state index < -0.39 is 5.25 Å². The van der Waals surface area contributed by atoms with E-state index in [0.29, 0.717) is 22.4 Å². The lowest BCUT2D eigenvalue weighted by molar-refractivity contribution is -0.115. The Morgan fingerprint density at radius 2 is 1.92 bits per heavy atom. The summed E-state index contributed by atoms with van der Waals surface area (Å²) in [5.74, 6) is 0.169. The molecule has 3 aromatic rings. The van der Waals surface area contributed by atoms with Gasteiger partial charge in [0, 0.05) is 5.56 Å². The number of carbonyl (C=O) groups is 1. The second-order valence-electron chi connectivity index (χ2n) is 5.65. The van der Waals surface area contributed by atoms with Gasteiger partial charge in [-0.05, 0) is 38.1 Å². The molecule has 1 amide bonds. The molecule has 0 radical (unpaired) electrons. The van der Waals surface area contributed by atoms with Crippen molar-refractivity contribution in [3.63, 3.8) is 0 Å². The summed E-state index contributed by atoms with van der Waals surface area (Å²) in [5.41, 5.74) is 2.87. The molecule has 0 saturated heterocycles. The van der Waals surface area contributed by atoms with Gasteiger partial charge in [0.25, 0.3) is 5.22 Å².